The lowest BCUT2D eigenvalue weighted by molar-refractivity contribution is -0.891. The second-order valence-corrected chi connectivity index (χ2v) is 12.8. The van der Waals surface area contributed by atoms with Gasteiger partial charge in [-0.2, -0.15) is 0 Å². The van der Waals surface area contributed by atoms with Crippen LogP contribution in [0.1, 0.15) is 174 Å². The molecule has 0 atom stereocenters. The molecule has 0 aliphatic carbocycles. The molecule has 0 aromatic rings. The lowest BCUT2D eigenvalue weighted by Crippen LogP contribution is -2.44. The molecule has 4 heteroatoms. The first kappa shape index (κ1) is 38.8. The topological polar surface area (TPSA) is 38.7 Å². The van der Waals surface area contributed by atoms with Crippen molar-refractivity contribution in [3.05, 3.63) is 0 Å². The summed E-state index contributed by atoms with van der Waals surface area (Å²) in [6.07, 6.45) is 33.7. The largest absolute Gasteiger partial charge is 0.391 e. The van der Waals surface area contributed by atoms with Gasteiger partial charge in [-0.1, -0.05) is 155 Å². The molecule has 0 heterocycles. The Hall–Kier alpha value is -0.160. The Morgan fingerprint density at radius 2 is 0.769 bits per heavy atom. The van der Waals surface area contributed by atoms with Crippen LogP contribution in [0.15, 0.2) is 0 Å². The fourth-order valence-electron chi connectivity index (χ4n) is 5.37. The van der Waals surface area contributed by atoms with Crippen LogP contribution in [0.2, 0.25) is 0 Å². The number of nitrogens with zero attached hydrogens (tertiary/aromatic N) is 1. The van der Waals surface area contributed by atoms with Crippen molar-refractivity contribution in [2.75, 3.05) is 47.0 Å². The summed E-state index contributed by atoms with van der Waals surface area (Å²) in [5.41, 5.74) is 0. The maximum absolute atomic E-state index is 9.36. The van der Waals surface area contributed by atoms with Crippen LogP contribution in [-0.2, 0) is 9.47 Å². The Balaban J connectivity index is 3.87. The number of hydrogen-bond acceptors (Lipinski definition) is 3. The first-order valence-corrected chi connectivity index (χ1v) is 17.7. The van der Waals surface area contributed by atoms with Gasteiger partial charge in [-0.15, -0.1) is 0 Å². The molecule has 236 valence electrons. The Morgan fingerprint density at radius 3 is 1.08 bits per heavy atom. The fourth-order valence-corrected chi connectivity index (χ4v) is 5.37. The van der Waals surface area contributed by atoms with E-state index in [0.717, 1.165) is 50.0 Å². The number of unbranched alkanes of at least 4 members (excludes halogenated alkanes) is 22. The van der Waals surface area contributed by atoms with Crippen molar-refractivity contribution >= 4 is 0 Å². The van der Waals surface area contributed by atoms with Crippen molar-refractivity contribution in [1.82, 2.24) is 0 Å². The van der Waals surface area contributed by atoms with Gasteiger partial charge in [0.2, 0.25) is 0 Å². The van der Waals surface area contributed by atoms with Crippen LogP contribution >= 0.6 is 0 Å². The summed E-state index contributed by atoms with van der Waals surface area (Å²) in [6.45, 7) is 8.20. The molecule has 1 N–H and O–H groups in total. The molecule has 0 radical (unpaired) electrons. The van der Waals surface area contributed by atoms with Crippen LogP contribution in [0, 0.1) is 0 Å². The number of aliphatic hydroxyl groups excluding tert-OH is 1. The van der Waals surface area contributed by atoms with Crippen molar-refractivity contribution in [2.24, 2.45) is 0 Å². The number of aliphatic hydroxyl groups is 1. The van der Waals surface area contributed by atoms with E-state index in [1.165, 1.54) is 141 Å². The third kappa shape index (κ3) is 30.6. The molecule has 0 fully saturated rings. The molecule has 0 aromatic heterocycles. The molecule has 0 aliphatic rings. The van der Waals surface area contributed by atoms with E-state index in [0.29, 0.717) is 0 Å². The van der Waals surface area contributed by atoms with E-state index >= 15 is 0 Å². The Morgan fingerprint density at radius 1 is 0.462 bits per heavy atom. The molecule has 39 heavy (non-hydrogen) atoms. The summed E-state index contributed by atoms with van der Waals surface area (Å²) < 4.78 is 13.3. The number of hydrogen-bond donors (Lipinski definition) is 1. The molecular weight excluding hydrogens is 482 g/mol. The summed E-state index contributed by atoms with van der Waals surface area (Å²) in [4.78, 5) is 0. The minimum atomic E-state index is -0.0958. The summed E-state index contributed by atoms with van der Waals surface area (Å²) in [5, 5.41) is 9.36. The van der Waals surface area contributed by atoms with Crippen molar-refractivity contribution in [3.63, 3.8) is 0 Å². The molecular formula is C35H74NO3+. The minimum Gasteiger partial charge on any atom is -0.391 e. The van der Waals surface area contributed by atoms with Crippen LogP contribution in [0.3, 0.4) is 0 Å². The third-order valence-corrected chi connectivity index (χ3v) is 8.28. The van der Waals surface area contributed by atoms with Crippen LogP contribution in [-0.4, -0.2) is 62.9 Å². The van der Waals surface area contributed by atoms with E-state index in [1.807, 2.05) is 0 Å². The monoisotopic (exact) mass is 557 g/mol. The van der Waals surface area contributed by atoms with E-state index < -0.39 is 0 Å². The maximum atomic E-state index is 9.36. The highest BCUT2D eigenvalue weighted by Crippen LogP contribution is 2.15. The van der Waals surface area contributed by atoms with Crippen molar-refractivity contribution in [1.29, 1.82) is 0 Å². The van der Waals surface area contributed by atoms with E-state index in [9.17, 15) is 5.11 Å². The average molecular weight is 557 g/mol. The van der Waals surface area contributed by atoms with Gasteiger partial charge in [0.1, 0.15) is 6.54 Å². The molecule has 0 rings (SSSR count). The standard InChI is InChI=1S/C35H74NO3/c1-5-7-9-11-13-15-17-19-21-23-25-27-33-38-35(29-30-36(3,4)31-32-37)39-34-28-26-24-22-20-18-16-14-12-10-8-6-2/h35,37H,5-34H2,1-4H3/q+1. The van der Waals surface area contributed by atoms with Gasteiger partial charge in [-0.05, 0) is 12.8 Å². The van der Waals surface area contributed by atoms with Crippen LogP contribution in [0.5, 0.6) is 0 Å². The molecule has 0 amide bonds. The predicted molar refractivity (Wildman–Crippen MR) is 171 cm³/mol. The highest BCUT2D eigenvalue weighted by molar-refractivity contribution is 4.52. The summed E-state index contributed by atoms with van der Waals surface area (Å²) in [7, 11) is 4.37. The van der Waals surface area contributed by atoms with Gasteiger partial charge in [0.05, 0.1) is 27.2 Å². The highest BCUT2D eigenvalue weighted by atomic mass is 16.7. The van der Waals surface area contributed by atoms with Gasteiger partial charge in [-0.3, -0.25) is 0 Å². The van der Waals surface area contributed by atoms with E-state index in [1.54, 1.807) is 0 Å². The lowest BCUT2D eigenvalue weighted by atomic mass is 10.1. The summed E-state index contributed by atoms with van der Waals surface area (Å²) in [6, 6.07) is 0. The quantitative estimate of drug-likeness (QED) is 0.0496. The van der Waals surface area contributed by atoms with Gasteiger partial charge < -0.3 is 19.1 Å². The number of quaternary nitrogens is 1. The first-order chi connectivity index (χ1) is 19.1. The Kier molecular flexibility index (Phi) is 30.7. The van der Waals surface area contributed by atoms with Crippen LogP contribution in [0.4, 0.5) is 0 Å². The summed E-state index contributed by atoms with van der Waals surface area (Å²) >= 11 is 0. The maximum Gasteiger partial charge on any atom is 0.162 e. The smallest absolute Gasteiger partial charge is 0.162 e. The zero-order valence-corrected chi connectivity index (χ0v) is 27.5. The van der Waals surface area contributed by atoms with Crippen molar-refractivity contribution in [3.8, 4) is 0 Å². The second-order valence-electron chi connectivity index (χ2n) is 12.8. The average Bonchev–Trinajstić information content (AvgIpc) is 2.92. The minimum absolute atomic E-state index is 0.0958. The highest BCUT2D eigenvalue weighted by Gasteiger charge is 2.19. The van der Waals surface area contributed by atoms with Gasteiger partial charge in [0, 0.05) is 19.6 Å². The van der Waals surface area contributed by atoms with E-state index in [4.69, 9.17) is 9.47 Å². The Labute approximate surface area is 246 Å². The van der Waals surface area contributed by atoms with Crippen LogP contribution in [0.25, 0.3) is 0 Å². The normalized spacial score (nSPS) is 12.2. The first-order valence-electron chi connectivity index (χ1n) is 17.7. The SMILES string of the molecule is CCCCCCCCCCCCCCOC(CC[N+](C)(C)CCO)OCCCCCCCCCCCCCC. The number of likely N-dealkylation sites (N-methyl/N-ethyl adjacent to an activating group) is 1. The van der Waals surface area contributed by atoms with Crippen molar-refractivity contribution in [2.45, 2.75) is 181 Å². The van der Waals surface area contributed by atoms with E-state index in [-0.39, 0.29) is 12.9 Å². The van der Waals surface area contributed by atoms with E-state index in [2.05, 4.69) is 27.9 Å². The van der Waals surface area contributed by atoms with Crippen molar-refractivity contribution < 1.29 is 19.1 Å². The van der Waals surface area contributed by atoms with Gasteiger partial charge in [0.15, 0.2) is 6.29 Å². The number of ether oxygens (including phenoxy) is 2. The molecule has 0 aromatic carbocycles. The van der Waals surface area contributed by atoms with Gasteiger partial charge in [0.25, 0.3) is 0 Å². The molecule has 0 spiro atoms. The zero-order chi connectivity index (χ0) is 28.7. The molecule has 4 nitrogen and oxygen atoms in total. The predicted octanol–water partition coefficient (Wildman–Crippen LogP) is 10.2. The number of rotatable bonds is 33. The molecule has 0 bridgehead atoms. The fraction of sp³-hybridized carbons (Fsp3) is 1.00. The summed E-state index contributed by atoms with van der Waals surface area (Å²) in [5.74, 6) is 0. The van der Waals surface area contributed by atoms with Crippen LogP contribution < -0.4 is 0 Å². The third-order valence-electron chi connectivity index (χ3n) is 8.28. The van der Waals surface area contributed by atoms with Gasteiger partial charge >= 0.3 is 0 Å². The molecule has 0 saturated heterocycles. The molecule has 0 unspecified atom stereocenters. The molecule has 0 saturated carbocycles. The second kappa shape index (κ2) is 30.8. The Bertz CT molecular complexity index is 427. The molecule has 0 aliphatic heterocycles. The van der Waals surface area contributed by atoms with Gasteiger partial charge in [-0.25, -0.2) is 0 Å². The lowest BCUT2D eigenvalue weighted by Gasteiger charge is -2.30. The zero-order valence-electron chi connectivity index (χ0n) is 27.5.